The first-order valence-electron chi connectivity index (χ1n) is 5.50. The lowest BCUT2D eigenvalue weighted by atomic mass is 10.0. The first-order chi connectivity index (χ1) is 7.39. The van der Waals surface area contributed by atoms with Crippen molar-refractivity contribution in [2.75, 3.05) is 26.8 Å². The van der Waals surface area contributed by atoms with E-state index < -0.39 is 0 Å². The predicted octanol–water partition coefficient (Wildman–Crippen LogP) is 0.0196. The molecule has 0 aromatic heterocycles. The summed E-state index contributed by atoms with van der Waals surface area (Å²) in [7, 11) is 1.38. The Balaban J connectivity index is 2.69. The normalized spacial score (nSPS) is 27.4. The fraction of sp³-hybridized carbons (Fsp3) is 0.909. The standard InChI is InChI=1S/C11H21NO4/c1-8(10(14)15-4)12-5-9(6-13)16-11(2,3)7-12/h8-9,13H,5-7H2,1-4H3. The fourth-order valence-electron chi connectivity index (χ4n) is 2.05. The first kappa shape index (κ1) is 13.4. The molecule has 1 fully saturated rings. The predicted molar refractivity (Wildman–Crippen MR) is 59.1 cm³/mol. The molecule has 5 heteroatoms. The number of carbonyl (C=O) groups is 1. The highest BCUT2D eigenvalue weighted by atomic mass is 16.5. The summed E-state index contributed by atoms with van der Waals surface area (Å²) in [6, 6.07) is -0.303. The number of esters is 1. The van der Waals surface area contributed by atoms with Crippen molar-refractivity contribution in [1.82, 2.24) is 4.90 Å². The summed E-state index contributed by atoms with van der Waals surface area (Å²) in [5.41, 5.74) is -0.353. The number of aliphatic hydroxyl groups excluding tert-OH is 1. The van der Waals surface area contributed by atoms with E-state index in [2.05, 4.69) is 0 Å². The Hall–Kier alpha value is -0.650. The Bertz CT molecular complexity index is 254. The van der Waals surface area contributed by atoms with E-state index in [0.717, 1.165) is 0 Å². The molecule has 0 saturated carbocycles. The third-order valence-electron chi connectivity index (χ3n) is 2.80. The van der Waals surface area contributed by atoms with Crippen LogP contribution in [0.2, 0.25) is 0 Å². The molecule has 0 aromatic rings. The topological polar surface area (TPSA) is 59.0 Å². The third-order valence-corrected chi connectivity index (χ3v) is 2.80. The molecule has 1 heterocycles. The van der Waals surface area contributed by atoms with E-state index in [0.29, 0.717) is 13.1 Å². The third kappa shape index (κ3) is 3.17. The summed E-state index contributed by atoms with van der Waals surface area (Å²) in [6.45, 7) is 6.88. The van der Waals surface area contributed by atoms with E-state index in [1.807, 2.05) is 25.7 Å². The number of methoxy groups -OCH3 is 1. The van der Waals surface area contributed by atoms with Gasteiger partial charge in [0, 0.05) is 13.1 Å². The van der Waals surface area contributed by atoms with E-state index in [1.54, 1.807) is 0 Å². The average molecular weight is 231 g/mol. The van der Waals surface area contributed by atoms with Gasteiger partial charge in [-0.15, -0.1) is 0 Å². The van der Waals surface area contributed by atoms with Crippen molar-refractivity contribution in [2.24, 2.45) is 0 Å². The number of aliphatic hydroxyl groups is 1. The highest BCUT2D eigenvalue weighted by Crippen LogP contribution is 2.22. The van der Waals surface area contributed by atoms with Gasteiger partial charge in [-0.3, -0.25) is 9.69 Å². The van der Waals surface area contributed by atoms with Crippen LogP contribution in [-0.4, -0.2) is 60.5 Å². The van der Waals surface area contributed by atoms with E-state index in [1.165, 1.54) is 7.11 Å². The minimum atomic E-state index is -0.353. The molecule has 2 atom stereocenters. The van der Waals surface area contributed by atoms with Crippen molar-refractivity contribution < 1.29 is 19.4 Å². The largest absolute Gasteiger partial charge is 0.468 e. The van der Waals surface area contributed by atoms with Crippen molar-refractivity contribution in [2.45, 2.75) is 38.5 Å². The Morgan fingerprint density at radius 1 is 1.69 bits per heavy atom. The number of nitrogens with zero attached hydrogens (tertiary/aromatic N) is 1. The molecule has 16 heavy (non-hydrogen) atoms. The maximum atomic E-state index is 11.4. The second kappa shape index (κ2) is 5.12. The van der Waals surface area contributed by atoms with Crippen LogP contribution in [0.5, 0.6) is 0 Å². The SMILES string of the molecule is COC(=O)C(C)N1CC(CO)OC(C)(C)C1. The highest BCUT2D eigenvalue weighted by Gasteiger charge is 2.37. The number of hydrogen-bond donors (Lipinski definition) is 1. The number of carbonyl (C=O) groups excluding carboxylic acids is 1. The van der Waals surface area contributed by atoms with Crippen LogP contribution in [-0.2, 0) is 14.3 Å². The molecule has 0 amide bonds. The molecule has 0 spiro atoms. The van der Waals surface area contributed by atoms with E-state index in [4.69, 9.17) is 14.6 Å². The molecule has 1 N–H and O–H groups in total. The van der Waals surface area contributed by atoms with Crippen LogP contribution in [0.15, 0.2) is 0 Å². The molecule has 1 saturated heterocycles. The zero-order chi connectivity index (χ0) is 12.3. The summed E-state index contributed by atoms with van der Waals surface area (Å²) in [4.78, 5) is 13.4. The Morgan fingerprint density at radius 2 is 2.31 bits per heavy atom. The van der Waals surface area contributed by atoms with Gasteiger partial charge in [0.25, 0.3) is 0 Å². The van der Waals surface area contributed by atoms with Crippen LogP contribution in [0.3, 0.4) is 0 Å². The Kier molecular flexibility index (Phi) is 4.29. The molecule has 1 rings (SSSR count). The van der Waals surface area contributed by atoms with Gasteiger partial charge in [-0.05, 0) is 20.8 Å². The molecule has 94 valence electrons. The van der Waals surface area contributed by atoms with Gasteiger partial charge < -0.3 is 14.6 Å². The lowest BCUT2D eigenvalue weighted by Crippen LogP contribution is -2.57. The van der Waals surface area contributed by atoms with Gasteiger partial charge in [-0.2, -0.15) is 0 Å². The van der Waals surface area contributed by atoms with Crippen LogP contribution in [0.4, 0.5) is 0 Å². The van der Waals surface area contributed by atoms with Crippen molar-refractivity contribution in [3.63, 3.8) is 0 Å². The smallest absolute Gasteiger partial charge is 0.322 e. The first-order valence-corrected chi connectivity index (χ1v) is 5.50. The van der Waals surface area contributed by atoms with Crippen LogP contribution >= 0.6 is 0 Å². The molecule has 1 aliphatic rings. The van der Waals surface area contributed by atoms with Crippen molar-refractivity contribution in [1.29, 1.82) is 0 Å². The summed E-state index contributed by atoms with van der Waals surface area (Å²) in [6.07, 6.45) is -0.240. The highest BCUT2D eigenvalue weighted by molar-refractivity contribution is 5.75. The molecule has 1 aliphatic heterocycles. The lowest BCUT2D eigenvalue weighted by molar-refractivity contribution is -0.169. The second-order valence-corrected chi connectivity index (χ2v) is 4.81. The van der Waals surface area contributed by atoms with Gasteiger partial charge in [0.15, 0.2) is 0 Å². The molecule has 0 aromatic carbocycles. The molecule has 0 radical (unpaired) electrons. The van der Waals surface area contributed by atoms with Gasteiger partial charge in [-0.25, -0.2) is 0 Å². The van der Waals surface area contributed by atoms with Gasteiger partial charge in [0.1, 0.15) is 6.04 Å². The number of rotatable bonds is 3. The van der Waals surface area contributed by atoms with E-state index >= 15 is 0 Å². The van der Waals surface area contributed by atoms with E-state index in [-0.39, 0.29) is 30.3 Å². The van der Waals surface area contributed by atoms with Gasteiger partial charge >= 0.3 is 5.97 Å². The van der Waals surface area contributed by atoms with Crippen molar-refractivity contribution in [3.05, 3.63) is 0 Å². The van der Waals surface area contributed by atoms with Crippen LogP contribution in [0.1, 0.15) is 20.8 Å². The molecule has 0 aliphatic carbocycles. The Morgan fingerprint density at radius 3 is 2.81 bits per heavy atom. The number of hydrogen-bond acceptors (Lipinski definition) is 5. The fourth-order valence-corrected chi connectivity index (χ4v) is 2.05. The molecular weight excluding hydrogens is 210 g/mol. The zero-order valence-corrected chi connectivity index (χ0v) is 10.4. The quantitative estimate of drug-likeness (QED) is 0.694. The summed E-state index contributed by atoms with van der Waals surface area (Å²) in [5.74, 6) is -0.255. The maximum absolute atomic E-state index is 11.4. The van der Waals surface area contributed by atoms with Crippen LogP contribution < -0.4 is 0 Å². The van der Waals surface area contributed by atoms with Crippen LogP contribution in [0, 0.1) is 0 Å². The number of ether oxygens (including phenoxy) is 2. The van der Waals surface area contributed by atoms with Crippen molar-refractivity contribution in [3.8, 4) is 0 Å². The molecule has 0 bridgehead atoms. The zero-order valence-electron chi connectivity index (χ0n) is 10.4. The average Bonchev–Trinajstić information content (AvgIpc) is 2.24. The Labute approximate surface area is 96.3 Å². The second-order valence-electron chi connectivity index (χ2n) is 4.81. The van der Waals surface area contributed by atoms with Gasteiger partial charge in [0.05, 0.1) is 25.4 Å². The van der Waals surface area contributed by atoms with E-state index in [9.17, 15) is 4.79 Å². The van der Waals surface area contributed by atoms with Crippen LogP contribution in [0.25, 0.3) is 0 Å². The minimum absolute atomic E-state index is 0.0339. The molecular formula is C11H21NO4. The van der Waals surface area contributed by atoms with Gasteiger partial charge in [0.2, 0.25) is 0 Å². The van der Waals surface area contributed by atoms with Gasteiger partial charge in [-0.1, -0.05) is 0 Å². The lowest BCUT2D eigenvalue weighted by Gasteiger charge is -2.43. The molecule has 5 nitrogen and oxygen atoms in total. The summed E-state index contributed by atoms with van der Waals surface area (Å²) < 4.78 is 10.4. The monoisotopic (exact) mass is 231 g/mol. The summed E-state index contributed by atoms with van der Waals surface area (Å²) in [5, 5.41) is 9.15. The van der Waals surface area contributed by atoms with Crippen molar-refractivity contribution >= 4 is 5.97 Å². The number of morpholine rings is 1. The minimum Gasteiger partial charge on any atom is -0.468 e. The maximum Gasteiger partial charge on any atom is 0.322 e. The molecule has 2 unspecified atom stereocenters. The summed E-state index contributed by atoms with van der Waals surface area (Å²) >= 11 is 0.